The summed E-state index contributed by atoms with van der Waals surface area (Å²) in [5.74, 6) is 0. The van der Waals surface area contributed by atoms with Gasteiger partial charge in [-0.25, -0.2) is 0 Å². The molecule has 1 aromatic rings. The molecule has 0 aromatic carbocycles. The number of nitrogens with one attached hydrogen (secondary N) is 1. The molecule has 90 valence electrons. The molecule has 0 spiro atoms. The van der Waals surface area contributed by atoms with Crippen LogP contribution in [-0.2, 0) is 0 Å². The van der Waals surface area contributed by atoms with Gasteiger partial charge in [-0.2, -0.15) is 0 Å². The number of nitrogens with zero attached hydrogens (tertiary/aromatic N) is 1. The molecule has 0 aliphatic carbocycles. The van der Waals surface area contributed by atoms with Crippen molar-refractivity contribution in [1.82, 2.24) is 10.3 Å². The molecule has 1 unspecified atom stereocenters. The highest BCUT2D eigenvalue weighted by molar-refractivity contribution is 8.00. The van der Waals surface area contributed by atoms with Crippen LogP contribution in [0.5, 0.6) is 0 Å². The van der Waals surface area contributed by atoms with Gasteiger partial charge in [0.05, 0.1) is 0 Å². The molecule has 0 saturated heterocycles. The van der Waals surface area contributed by atoms with Gasteiger partial charge < -0.3 is 5.32 Å². The van der Waals surface area contributed by atoms with Gasteiger partial charge >= 0.3 is 0 Å². The minimum Gasteiger partial charge on any atom is -0.313 e. The van der Waals surface area contributed by atoms with Crippen molar-refractivity contribution < 1.29 is 0 Å². The number of hydrogen-bond acceptors (Lipinski definition) is 3. The summed E-state index contributed by atoms with van der Waals surface area (Å²) in [4.78, 5) is 5.32. The maximum absolute atomic E-state index is 4.02. The Balaban J connectivity index is 2.28. The Morgan fingerprint density at radius 3 is 2.44 bits per heavy atom. The van der Waals surface area contributed by atoms with Crippen LogP contribution in [0.25, 0.3) is 0 Å². The van der Waals surface area contributed by atoms with Gasteiger partial charge in [0.2, 0.25) is 0 Å². The molecule has 0 bridgehead atoms. The van der Waals surface area contributed by atoms with Gasteiger partial charge in [-0.05, 0) is 25.0 Å². The largest absolute Gasteiger partial charge is 0.313 e. The molecule has 0 aliphatic rings. The van der Waals surface area contributed by atoms with Gasteiger partial charge in [0.25, 0.3) is 0 Å². The fourth-order valence-electron chi connectivity index (χ4n) is 1.60. The second-order valence-electron chi connectivity index (χ2n) is 4.03. The quantitative estimate of drug-likeness (QED) is 0.737. The van der Waals surface area contributed by atoms with E-state index in [1.165, 1.54) is 17.7 Å². The topological polar surface area (TPSA) is 24.9 Å². The van der Waals surface area contributed by atoms with E-state index in [1.807, 2.05) is 24.2 Å². The lowest BCUT2D eigenvalue weighted by Gasteiger charge is -2.18. The highest BCUT2D eigenvalue weighted by atomic mass is 32.2. The summed E-state index contributed by atoms with van der Waals surface area (Å²) in [5.41, 5.74) is 0. The molecule has 1 N–H and O–H groups in total. The minimum atomic E-state index is 0.600. The number of rotatable bonds is 7. The second-order valence-corrected chi connectivity index (χ2v) is 5.54. The Labute approximate surface area is 103 Å². The average molecular weight is 238 g/mol. The Kier molecular flexibility index (Phi) is 6.50. The van der Waals surface area contributed by atoms with Gasteiger partial charge in [-0.1, -0.05) is 20.8 Å². The van der Waals surface area contributed by atoms with E-state index < -0.39 is 0 Å². The van der Waals surface area contributed by atoms with E-state index in [0.29, 0.717) is 11.3 Å². The van der Waals surface area contributed by atoms with Crippen molar-refractivity contribution in [3.05, 3.63) is 24.5 Å². The number of hydrogen-bond donors (Lipinski definition) is 1. The summed E-state index contributed by atoms with van der Waals surface area (Å²) in [5, 5.41) is 4.20. The molecular weight excluding hydrogens is 216 g/mol. The van der Waals surface area contributed by atoms with Crippen LogP contribution in [0.4, 0.5) is 0 Å². The van der Waals surface area contributed by atoms with Crippen molar-refractivity contribution in [2.75, 3.05) is 6.54 Å². The van der Waals surface area contributed by atoms with Crippen LogP contribution < -0.4 is 5.32 Å². The van der Waals surface area contributed by atoms with E-state index in [0.717, 1.165) is 6.54 Å². The molecule has 0 aliphatic heterocycles. The number of pyridine rings is 1. The second kappa shape index (κ2) is 7.69. The average Bonchev–Trinajstić information content (AvgIpc) is 2.31. The van der Waals surface area contributed by atoms with Crippen LogP contribution in [0.15, 0.2) is 29.4 Å². The highest BCUT2D eigenvalue weighted by Gasteiger charge is 2.07. The Bertz CT molecular complexity index is 273. The molecule has 3 heteroatoms. The molecule has 0 radical (unpaired) electrons. The van der Waals surface area contributed by atoms with E-state index in [-0.39, 0.29) is 0 Å². The van der Waals surface area contributed by atoms with Crippen molar-refractivity contribution >= 4 is 11.8 Å². The summed E-state index contributed by atoms with van der Waals surface area (Å²) in [6.07, 6.45) is 6.12. The van der Waals surface area contributed by atoms with Crippen molar-refractivity contribution in [3.8, 4) is 0 Å². The molecule has 0 saturated carbocycles. The lowest BCUT2D eigenvalue weighted by molar-refractivity contribution is 0.488. The van der Waals surface area contributed by atoms with Crippen molar-refractivity contribution in [1.29, 1.82) is 0 Å². The molecule has 16 heavy (non-hydrogen) atoms. The van der Waals surface area contributed by atoms with Crippen LogP contribution in [0.2, 0.25) is 0 Å². The predicted molar refractivity (Wildman–Crippen MR) is 71.9 cm³/mol. The SMILES string of the molecule is CCC(CC)NCC(C)Sc1ccncc1. The molecule has 1 aromatic heterocycles. The molecular formula is C13H22N2S. The van der Waals surface area contributed by atoms with Crippen LogP contribution in [0.3, 0.4) is 0 Å². The monoisotopic (exact) mass is 238 g/mol. The van der Waals surface area contributed by atoms with Crippen molar-refractivity contribution in [2.24, 2.45) is 0 Å². The van der Waals surface area contributed by atoms with Crippen molar-refractivity contribution in [2.45, 2.75) is 49.8 Å². The fraction of sp³-hybridized carbons (Fsp3) is 0.615. The van der Waals surface area contributed by atoms with Crippen LogP contribution in [-0.4, -0.2) is 22.8 Å². The molecule has 0 fully saturated rings. The Morgan fingerprint density at radius 1 is 1.25 bits per heavy atom. The van der Waals surface area contributed by atoms with Crippen LogP contribution in [0.1, 0.15) is 33.6 Å². The molecule has 1 atom stereocenters. The van der Waals surface area contributed by atoms with Crippen LogP contribution >= 0.6 is 11.8 Å². The number of thioether (sulfide) groups is 1. The zero-order valence-electron chi connectivity index (χ0n) is 10.4. The van der Waals surface area contributed by atoms with Gasteiger partial charge in [0, 0.05) is 35.1 Å². The van der Waals surface area contributed by atoms with Crippen LogP contribution in [0, 0.1) is 0 Å². The van der Waals surface area contributed by atoms with E-state index in [2.05, 4.69) is 43.2 Å². The zero-order valence-corrected chi connectivity index (χ0v) is 11.3. The summed E-state index contributed by atoms with van der Waals surface area (Å²) in [6.45, 7) is 7.81. The molecule has 1 heterocycles. The summed E-state index contributed by atoms with van der Waals surface area (Å²) >= 11 is 1.90. The zero-order chi connectivity index (χ0) is 11.8. The smallest absolute Gasteiger partial charge is 0.0278 e. The highest BCUT2D eigenvalue weighted by Crippen LogP contribution is 2.21. The van der Waals surface area contributed by atoms with E-state index in [9.17, 15) is 0 Å². The summed E-state index contributed by atoms with van der Waals surface area (Å²) in [7, 11) is 0. The Hall–Kier alpha value is -0.540. The first-order chi connectivity index (χ1) is 7.76. The third-order valence-corrected chi connectivity index (χ3v) is 3.78. The van der Waals surface area contributed by atoms with Gasteiger partial charge in [-0.3, -0.25) is 4.98 Å². The van der Waals surface area contributed by atoms with Gasteiger partial charge in [-0.15, -0.1) is 11.8 Å². The van der Waals surface area contributed by atoms with E-state index in [4.69, 9.17) is 0 Å². The molecule has 0 amide bonds. The minimum absolute atomic E-state index is 0.600. The summed E-state index contributed by atoms with van der Waals surface area (Å²) in [6, 6.07) is 4.80. The van der Waals surface area contributed by atoms with Gasteiger partial charge in [0.1, 0.15) is 0 Å². The normalized spacial score (nSPS) is 13.0. The Morgan fingerprint density at radius 2 is 1.88 bits per heavy atom. The number of aromatic nitrogens is 1. The first kappa shape index (κ1) is 13.5. The first-order valence-corrected chi connectivity index (χ1v) is 6.94. The molecule has 2 nitrogen and oxygen atoms in total. The van der Waals surface area contributed by atoms with Crippen molar-refractivity contribution in [3.63, 3.8) is 0 Å². The lowest BCUT2D eigenvalue weighted by Crippen LogP contribution is -2.32. The van der Waals surface area contributed by atoms with E-state index in [1.54, 1.807) is 0 Å². The maximum atomic E-state index is 4.02. The maximum Gasteiger partial charge on any atom is 0.0278 e. The molecule has 1 rings (SSSR count). The third kappa shape index (κ3) is 4.99. The summed E-state index contributed by atoms with van der Waals surface area (Å²) < 4.78 is 0. The fourth-order valence-corrected chi connectivity index (χ4v) is 2.52. The van der Waals surface area contributed by atoms with Gasteiger partial charge in [0.15, 0.2) is 0 Å². The third-order valence-electron chi connectivity index (χ3n) is 2.67. The predicted octanol–water partition coefficient (Wildman–Crippen LogP) is 3.34. The standard InChI is InChI=1S/C13H22N2S/c1-4-12(5-2)15-10-11(3)16-13-6-8-14-9-7-13/h6-9,11-12,15H,4-5,10H2,1-3H3. The van der Waals surface area contributed by atoms with E-state index >= 15 is 0 Å². The lowest BCUT2D eigenvalue weighted by atomic mass is 10.2. The first-order valence-electron chi connectivity index (χ1n) is 6.06.